The second kappa shape index (κ2) is 7.93. The minimum atomic E-state index is -1.57. The number of esters is 1. The van der Waals surface area contributed by atoms with Gasteiger partial charge in [0.15, 0.2) is 0 Å². The van der Waals surface area contributed by atoms with Crippen molar-refractivity contribution in [2.45, 2.75) is 64.3 Å². The lowest BCUT2D eigenvalue weighted by atomic mass is 9.59. The number of fused-ring (bicyclic) bond motifs is 5. The maximum atomic E-state index is 12.7. The minimum absolute atomic E-state index is 0.0675. The van der Waals surface area contributed by atoms with Gasteiger partial charge in [0.25, 0.3) is 0 Å². The number of carbonyl (C=O) groups is 1. The Morgan fingerprint density at radius 3 is 2.45 bits per heavy atom. The second-order valence-electron chi connectivity index (χ2n) is 11.8. The van der Waals surface area contributed by atoms with Crippen LogP contribution < -0.4 is 0 Å². The van der Waals surface area contributed by atoms with Crippen LogP contribution in [0.25, 0.3) is 0 Å². The number of aliphatic hydroxyl groups is 3. The van der Waals surface area contributed by atoms with Gasteiger partial charge in [-0.1, -0.05) is 44.2 Å². The van der Waals surface area contributed by atoms with Crippen LogP contribution in [0.5, 0.6) is 0 Å². The number of hydrogen-bond acceptors (Lipinski definition) is 5. The van der Waals surface area contributed by atoms with E-state index < -0.39 is 29.2 Å². The Kier molecular flexibility index (Phi) is 5.54. The van der Waals surface area contributed by atoms with E-state index in [1.165, 1.54) is 5.57 Å². The van der Waals surface area contributed by atoms with Crippen molar-refractivity contribution in [2.75, 3.05) is 6.61 Å². The van der Waals surface area contributed by atoms with Crippen LogP contribution in [0, 0.1) is 46.8 Å². The van der Waals surface area contributed by atoms with Gasteiger partial charge in [0, 0.05) is 5.41 Å². The molecule has 11 atom stereocenters. The molecule has 1 aromatic carbocycles. The quantitative estimate of drug-likeness (QED) is 0.476. The maximum absolute atomic E-state index is 12.7. The lowest BCUT2D eigenvalue weighted by Gasteiger charge is -2.47. The number of allylic oxidation sites excluding steroid dienone is 1. The first-order valence-corrected chi connectivity index (χ1v) is 12.6. The van der Waals surface area contributed by atoms with Crippen molar-refractivity contribution in [1.29, 1.82) is 0 Å². The van der Waals surface area contributed by atoms with Gasteiger partial charge in [-0.05, 0) is 86.2 Å². The number of ether oxygens (including phenoxy) is 1. The Morgan fingerprint density at radius 1 is 1.09 bits per heavy atom. The van der Waals surface area contributed by atoms with Crippen LogP contribution in [-0.4, -0.2) is 45.7 Å². The van der Waals surface area contributed by atoms with Crippen molar-refractivity contribution in [3.8, 4) is 0 Å². The van der Waals surface area contributed by atoms with E-state index >= 15 is 0 Å². The third-order valence-electron chi connectivity index (χ3n) is 9.92. The first-order valence-electron chi connectivity index (χ1n) is 12.6. The van der Waals surface area contributed by atoms with Crippen molar-refractivity contribution in [3.05, 3.63) is 48.0 Å². The number of carbonyl (C=O) groups excluding carboxylic acids is 1. The number of aliphatic hydroxyl groups excluding tert-OH is 2. The Hall–Kier alpha value is -1.69. The molecule has 5 heteroatoms. The molecule has 4 saturated carbocycles. The average Bonchev–Trinajstić information content (AvgIpc) is 3.50. The van der Waals surface area contributed by atoms with E-state index in [0.29, 0.717) is 36.2 Å². The van der Waals surface area contributed by atoms with Crippen LogP contribution >= 0.6 is 0 Å². The van der Waals surface area contributed by atoms with Crippen molar-refractivity contribution >= 4 is 5.97 Å². The smallest absolute Gasteiger partial charge is 0.338 e. The highest BCUT2D eigenvalue weighted by Gasteiger charge is 2.76. The molecule has 0 radical (unpaired) electrons. The van der Waals surface area contributed by atoms with Crippen LogP contribution in [0.2, 0.25) is 0 Å². The van der Waals surface area contributed by atoms with Gasteiger partial charge < -0.3 is 20.1 Å². The van der Waals surface area contributed by atoms with Crippen LogP contribution in [0.15, 0.2) is 42.5 Å². The summed E-state index contributed by atoms with van der Waals surface area (Å²) in [7, 11) is 0. The molecule has 0 bridgehead atoms. The molecular formula is C28H38O5. The molecule has 4 fully saturated rings. The summed E-state index contributed by atoms with van der Waals surface area (Å²) in [5.74, 6) is 0.871. The Balaban J connectivity index is 1.49. The monoisotopic (exact) mass is 454 g/mol. The van der Waals surface area contributed by atoms with Gasteiger partial charge in [-0.15, -0.1) is 0 Å². The summed E-state index contributed by atoms with van der Waals surface area (Å²) in [6, 6.07) is 8.88. The largest absolute Gasteiger partial charge is 0.461 e. The molecule has 4 aliphatic rings. The first-order chi connectivity index (χ1) is 15.6. The fraction of sp³-hybridized carbons (Fsp3) is 0.679. The normalized spacial score (nSPS) is 48.1. The molecule has 0 aromatic heterocycles. The molecule has 4 aliphatic carbocycles. The van der Waals surface area contributed by atoms with E-state index in [2.05, 4.69) is 20.4 Å². The van der Waals surface area contributed by atoms with Gasteiger partial charge in [0.2, 0.25) is 0 Å². The molecule has 3 unspecified atom stereocenters. The summed E-state index contributed by atoms with van der Waals surface area (Å²) in [6.45, 7) is 10.6. The van der Waals surface area contributed by atoms with Gasteiger partial charge in [0.05, 0.1) is 17.8 Å². The van der Waals surface area contributed by atoms with E-state index in [0.717, 1.165) is 12.8 Å². The summed E-state index contributed by atoms with van der Waals surface area (Å²) >= 11 is 0. The highest BCUT2D eigenvalue weighted by Crippen LogP contribution is 2.71. The van der Waals surface area contributed by atoms with Gasteiger partial charge in [-0.2, -0.15) is 0 Å². The number of hydrogen-bond donors (Lipinski definition) is 3. The predicted octanol–water partition coefficient (Wildman–Crippen LogP) is 3.83. The Bertz CT molecular complexity index is 929. The molecule has 0 saturated heterocycles. The molecule has 180 valence electrons. The Morgan fingerprint density at radius 2 is 1.79 bits per heavy atom. The zero-order valence-corrected chi connectivity index (χ0v) is 20.0. The zero-order valence-electron chi connectivity index (χ0n) is 20.0. The van der Waals surface area contributed by atoms with E-state index in [-0.39, 0.29) is 30.3 Å². The number of benzene rings is 1. The highest BCUT2D eigenvalue weighted by molar-refractivity contribution is 5.89. The first kappa shape index (κ1) is 23.1. The molecule has 5 nitrogen and oxygen atoms in total. The topological polar surface area (TPSA) is 87.0 Å². The third-order valence-corrected chi connectivity index (χ3v) is 9.92. The summed E-state index contributed by atoms with van der Waals surface area (Å²) in [5, 5.41) is 34.9. The van der Waals surface area contributed by atoms with E-state index in [9.17, 15) is 20.1 Å². The summed E-state index contributed by atoms with van der Waals surface area (Å²) in [5.41, 5.74) is -0.607. The van der Waals surface area contributed by atoms with E-state index in [1.54, 1.807) is 24.3 Å². The van der Waals surface area contributed by atoms with Crippen molar-refractivity contribution < 1.29 is 24.9 Å². The summed E-state index contributed by atoms with van der Waals surface area (Å²) in [4.78, 5) is 12.7. The van der Waals surface area contributed by atoms with E-state index in [1.807, 2.05) is 13.0 Å². The molecule has 0 heterocycles. The van der Waals surface area contributed by atoms with E-state index in [4.69, 9.17) is 4.74 Å². The van der Waals surface area contributed by atoms with Crippen LogP contribution in [0.4, 0.5) is 0 Å². The fourth-order valence-corrected chi connectivity index (χ4v) is 8.17. The number of rotatable bonds is 4. The van der Waals surface area contributed by atoms with Crippen LogP contribution in [0.1, 0.15) is 56.8 Å². The van der Waals surface area contributed by atoms with Gasteiger partial charge in [0.1, 0.15) is 12.2 Å². The molecule has 33 heavy (non-hydrogen) atoms. The minimum Gasteiger partial charge on any atom is -0.461 e. The summed E-state index contributed by atoms with van der Waals surface area (Å²) < 4.78 is 5.77. The third kappa shape index (κ3) is 3.34. The Labute approximate surface area is 196 Å². The fourth-order valence-electron chi connectivity index (χ4n) is 8.17. The van der Waals surface area contributed by atoms with Gasteiger partial charge in [-0.3, -0.25) is 0 Å². The molecule has 0 aliphatic heterocycles. The zero-order chi connectivity index (χ0) is 23.7. The van der Waals surface area contributed by atoms with Crippen LogP contribution in [0.3, 0.4) is 0 Å². The maximum Gasteiger partial charge on any atom is 0.338 e. The summed E-state index contributed by atoms with van der Waals surface area (Å²) in [6.07, 6.45) is 1.35. The molecular weight excluding hydrogens is 416 g/mol. The molecule has 0 spiro atoms. The molecule has 0 amide bonds. The molecule has 5 rings (SSSR count). The van der Waals surface area contributed by atoms with Crippen molar-refractivity contribution in [2.24, 2.45) is 46.8 Å². The molecule has 1 aromatic rings. The van der Waals surface area contributed by atoms with Crippen LogP contribution in [-0.2, 0) is 4.74 Å². The SMILES string of the molecule is C=C(C)[C@H]1CC2C(C3C[C@H](C)[C@H](O)[C@@]3(O)[C@H](O)[C@@]3(COC(=O)c4ccccc4)C[C@@H]23)[C@H](C)C1. The molecule has 3 N–H and O–H groups in total. The highest BCUT2D eigenvalue weighted by atomic mass is 16.5. The standard InChI is InChI=1S/C28H38O5/c1-15(2)19-10-16(3)23-20(12-19)22-13-27(22,14-33-25(30)18-8-6-5-7-9-18)26(31)28(32)21(23)11-17(4)24(28)29/h5-9,16-17,19-24,26,29,31-32H,1,10-14H2,2-4H3/t16-,17+,19-,20?,21?,22+,23?,24+,26-,27-,28-/m1/s1. The lowest BCUT2D eigenvalue weighted by Crippen LogP contribution is -2.59. The van der Waals surface area contributed by atoms with Gasteiger partial charge >= 0.3 is 5.97 Å². The van der Waals surface area contributed by atoms with Gasteiger partial charge in [-0.25, -0.2) is 4.79 Å². The average molecular weight is 455 g/mol. The lowest BCUT2D eigenvalue weighted by molar-refractivity contribution is -0.191. The van der Waals surface area contributed by atoms with Crippen molar-refractivity contribution in [3.63, 3.8) is 0 Å². The predicted molar refractivity (Wildman–Crippen MR) is 125 cm³/mol. The second-order valence-corrected chi connectivity index (χ2v) is 11.8. The van der Waals surface area contributed by atoms with Crippen molar-refractivity contribution in [1.82, 2.24) is 0 Å².